The molecule has 0 unspecified atom stereocenters. The summed E-state index contributed by atoms with van der Waals surface area (Å²) in [6.45, 7) is 1.39. The van der Waals surface area contributed by atoms with Gasteiger partial charge in [-0.3, -0.25) is 14.9 Å². The topological polar surface area (TPSA) is 63.4 Å². The molecule has 1 heterocycles. The number of nitro groups is 1. The van der Waals surface area contributed by atoms with Gasteiger partial charge in [0, 0.05) is 30.8 Å². The van der Waals surface area contributed by atoms with Crippen LogP contribution in [0, 0.1) is 10.1 Å². The third-order valence-corrected chi connectivity index (χ3v) is 3.63. The first-order valence-corrected chi connectivity index (χ1v) is 6.94. The summed E-state index contributed by atoms with van der Waals surface area (Å²) in [6.07, 6.45) is 2.65. The molecule has 2 rings (SSSR count). The Hall–Kier alpha value is -1.56. The van der Waals surface area contributed by atoms with Gasteiger partial charge in [0.25, 0.3) is 11.6 Å². The van der Waals surface area contributed by atoms with E-state index in [0.29, 0.717) is 18.7 Å². The molecule has 0 saturated heterocycles. The zero-order valence-electron chi connectivity index (χ0n) is 10.5. The number of hydrogen-bond donors (Lipinski definition) is 1. The maximum Gasteiger partial charge on any atom is 0.270 e. The van der Waals surface area contributed by atoms with E-state index in [1.54, 1.807) is 11.0 Å². The first-order valence-electron chi connectivity index (χ1n) is 6.31. The Labute approximate surface area is 117 Å². The molecule has 0 radical (unpaired) electrons. The minimum Gasteiger partial charge on any atom is -0.338 e. The van der Waals surface area contributed by atoms with Crippen LogP contribution in [0.1, 0.15) is 28.8 Å². The number of thiol groups is 1. The minimum absolute atomic E-state index is 0.0238. The Morgan fingerprint density at radius 1 is 1.37 bits per heavy atom. The van der Waals surface area contributed by atoms with Crippen LogP contribution in [0.4, 0.5) is 5.69 Å². The van der Waals surface area contributed by atoms with Crippen molar-refractivity contribution in [3.8, 4) is 0 Å². The second-order valence-corrected chi connectivity index (χ2v) is 5.02. The number of carbonyl (C=O) groups is 1. The molecule has 5 nitrogen and oxygen atoms in total. The van der Waals surface area contributed by atoms with Crippen LogP contribution in [0.25, 0.3) is 0 Å². The summed E-state index contributed by atoms with van der Waals surface area (Å²) in [5, 5.41) is 10.8. The lowest BCUT2D eigenvalue weighted by Crippen LogP contribution is -2.38. The van der Waals surface area contributed by atoms with Gasteiger partial charge in [0.1, 0.15) is 0 Å². The second-order valence-electron chi connectivity index (χ2n) is 4.57. The predicted octanol–water partition coefficient (Wildman–Crippen LogP) is 2.30. The third-order valence-electron chi connectivity index (χ3n) is 3.31. The number of non-ortho nitro benzene ring substituents is 1. The van der Waals surface area contributed by atoms with Gasteiger partial charge in [-0.15, -0.1) is 0 Å². The van der Waals surface area contributed by atoms with Crippen LogP contribution < -0.4 is 0 Å². The van der Waals surface area contributed by atoms with Crippen LogP contribution >= 0.6 is 12.6 Å². The van der Waals surface area contributed by atoms with Crippen molar-refractivity contribution in [2.75, 3.05) is 18.8 Å². The molecule has 1 aliphatic rings. The lowest BCUT2D eigenvalue weighted by atomic mass is 9.98. The summed E-state index contributed by atoms with van der Waals surface area (Å²) in [5.41, 5.74) is 1.36. The van der Waals surface area contributed by atoms with Gasteiger partial charge >= 0.3 is 0 Å². The molecule has 1 amide bonds. The van der Waals surface area contributed by atoms with E-state index in [4.69, 9.17) is 0 Å². The van der Waals surface area contributed by atoms with E-state index >= 15 is 0 Å². The zero-order chi connectivity index (χ0) is 13.8. The number of nitro benzene ring substituents is 1. The fourth-order valence-electron chi connectivity index (χ4n) is 2.25. The fraction of sp³-hybridized carbons (Fsp3) is 0.462. The molecule has 1 aliphatic heterocycles. The molecule has 102 valence electrons. The SMILES string of the molecule is O=C1c2cc([N+](=O)[O-])ccc2CCN1CCCCS. The highest BCUT2D eigenvalue weighted by atomic mass is 32.1. The molecule has 0 spiro atoms. The number of carbonyl (C=O) groups excluding carboxylic acids is 1. The standard InChI is InChI=1S/C13H16N2O3S/c16-13-12-9-11(15(17)18)4-3-10(12)5-7-14(13)6-1-2-8-19/h3-4,9,19H,1-2,5-8H2. The monoisotopic (exact) mass is 280 g/mol. The number of nitrogens with zero attached hydrogens (tertiary/aromatic N) is 2. The molecule has 1 aromatic carbocycles. The van der Waals surface area contributed by atoms with Crippen molar-refractivity contribution in [3.05, 3.63) is 39.4 Å². The van der Waals surface area contributed by atoms with Crippen LogP contribution in [-0.4, -0.2) is 34.6 Å². The quantitative estimate of drug-likeness (QED) is 0.389. The molecule has 19 heavy (non-hydrogen) atoms. The summed E-state index contributed by atoms with van der Waals surface area (Å²) in [4.78, 5) is 24.3. The predicted molar refractivity (Wildman–Crippen MR) is 75.8 cm³/mol. The zero-order valence-corrected chi connectivity index (χ0v) is 11.4. The van der Waals surface area contributed by atoms with E-state index in [2.05, 4.69) is 12.6 Å². The maximum atomic E-state index is 12.3. The number of rotatable bonds is 5. The Morgan fingerprint density at radius 3 is 2.84 bits per heavy atom. The summed E-state index contributed by atoms with van der Waals surface area (Å²) in [5.74, 6) is 0.716. The van der Waals surface area contributed by atoms with Crippen LogP contribution in [0.5, 0.6) is 0 Å². The van der Waals surface area contributed by atoms with Gasteiger partial charge in [-0.2, -0.15) is 12.6 Å². The number of hydrogen-bond acceptors (Lipinski definition) is 4. The average molecular weight is 280 g/mol. The van der Waals surface area contributed by atoms with Gasteiger partial charge in [-0.1, -0.05) is 6.07 Å². The molecule has 0 aliphatic carbocycles. The highest BCUT2D eigenvalue weighted by Gasteiger charge is 2.25. The lowest BCUT2D eigenvalue weighted by Gasteiger charge is -2.28. The van der Waals surface area contributed by atoms with E-state index < -0.39 is 4.92 Å². The first kappa shape index (κ1) is 13.9. The van der Waals surface area contributed by atoms with E-state index in [-0.39, 0.29) is 11.6 Å². The third kappa shape index (κ3) is 3.07. The summed E-state index contributed by atoms with van der Waals surface area (Å²) < 4.78 is 0. The molecule has 6 heteroatoms. The van der Waals surface area contributed by atoms with Crippen molar-refractivity contribution >= 4 is 24.2 Å². The molecule has 0 saturated carbocycles. The van der Waals surface area contributed by atoms with Gasteiger partial charge in [0.15, 0.2) is 0 Å². The van der Waals surface area contributed by atoms with Gasteiger partial charge in [0.2, 0.25) is 0 Å². The van der Waals surface area contributed by atoms with Gasteiger partial charge < -0.3 is 4.90 Å². The Balaban J connectivity index is 2.16. The number of benzene rings is 1. The van der Waals surface area contributed by atoms with E-state index in [1.807, 2.05) is 0 Å². The molecular formula is C13H16N2O3S. The average Bonchev–Trinajstić information content (AvgIpc) is 2.41. The van der Waals surface area contributed by atoms with Gasteiger partial charge in [0.05, 0.1) is 4.92 Å². The van der Waals surface area contributed by atoms with Gasteiger partial charge in [-0.25, -0.2) is 0 Å². The lowest BCUT2D eigenvalue weighted by molar-refractivity contribution is -0.384. The van der Waals surface area contributed by atoms with Crippen molar-refractivity contribution in [3.63, 3.8) is 0 Å². The first-order chi connectivity index (χ1) is 9.13. The van der Waals surface area contributed by atoms with Crippen molar-refractivity contribution in [1.82, 2.24) is 4.90 Å². The van der Waals surface area contributed by atoms with E-state index in [0.717, 1.165) is 30.6 Å². The molecule has 0 N–H and O–H groups in total. The highest BCUT2D eigenvalue weighted by Crippen LogP contribution is 2.24. The van der Waals surface area contributed by atoms with E-state index in [1.165, 1.54) is 12.1 Å². The van der Waals surface area contributed by atoms with Crippen molar-refractivity contribution < 1.29 is 9.72 Å². The smallest absolute Gasteiger partial charge is 0.270 e. The number of fused-ring (bicyclic) bond motifs is 1. The molecule has 0 aromatic heterocycles. The molecule has 0 bridgehead atoms. The molecule has 0 atom stereocenters. The van der Waals surface area contributed by atoms with E-state index in [9.17, 15) is 14.9 Å². The fourth-order valence-corrected chi connectivity index (χ4v) is 2.47. The second kappa shape index (κ2) is 6.06. The minimum atomic E-state index is -0.465. The largest absolute Gasteiger partial charge is 0.338 e. The summed E-state index contributed by atoms with van der Waals surface area (Å²) in [6, 6.07) is 4.54. The van der Waals surface area contributed by atoms with Crippen LogP contribution in [0.3, 0.4) is 0 Å². The summed E-state index contributed by atoms with van der Waals surface area (Å²) in [7, 11) is 0. The molecule has 1 aromatic rings. The molecule has 0 fully saturated rings. The summed E-state index contributed by atoms with van der Waals surface area (Å²) >= 11 is 4.14. The van der Waals surface area contributed by atoms with Crippen molar-refractivity contribution in [2.45, 2.75) is 19.3 Å². The van der Waals surface area contributed by atoms with Crippen LogP contribution in [0.2, 0.25) is 0 Å². The van der Waals surface area contributed by atoms with Crippen LogP contribution in [-0.2, 0) is 6.42 Å². The Morgan fingerprint density at radius 2 is 2.16 bits per heavy atom. The van der Waals surface area contributed by atoms with Gasteiger partial charge in [-0.05, 0) is 30.6 Å². The number of amides is 1. The Bertz CT molecular complexity index is 505. The van der Waals surface area contributed by atoms with Crippen molar-refractivity contribution in [1.29, 1.82) is 0 Å². The molecular weight excluding hydrogens is 264 g/mol. The normalized spacial score (nSPS) is 14.4. The number of unbranched alkanes of at least 4 members (excludes halogenated alkanes) is 1. The maximum absolute atomic E-state index is 12.3. The Kier molecular flexibility index (Phi) is 4.42. The van der Waals surface area contributed by atoms with Crippen LogP contribution in [0.15, 0.2) is 18.2 Å². The van der Waals surface area contributed by atoms with Crippen molar-refractivity contribution in [2.24, 2.45) is 0 Å². The highest BCUT2D eigenvalue weighted by molar-refractivity contribution is 7.80.